The van der Waals surface area contributed by atoms with E-state index in [1.807, 2.05) is 0 Å². The summed E-state index contributed by atoms with van der Waals surface area (Å²) in [6.07, 6.45) is 5.82. The molecule has 1 aliphatic heterocycles. The van der Waals surface area contributed by atoms with E-state index in [0.717, 1.165) is 36.2 Å². The van der Waals surface area contributed by atoms with Crippen LogP contribution in [0, 0.1) is 0 Å². The number of hydrogen-bond acceptors (Lipinski definition) is 5. The zero-order valence-electron chi connectivity index (χ0n) is 14.1. The fourth-order valence-electron chi connectivity index (χ4n) is 3.17. The number of piperidine rings is 1. The number of nitrogens with one attached hydrogen (secondary N) is 1. The number of anilines is 1. The number of aromatic nitrogens is 4. The highest BCUT2D eigenvalue weighted by atomic mass is 19.3. The van der Waals surface area contributed by atoms with Gasteiger partial charge in [-0.1, -0.05) is 0 Å². The number of alkyl halides is 2. The van der Waals surface area contributed by atoms with Gasteiger partial charge in [0.25, 0.3) is 5.56 Å². The van der Waals surface area contributed by atoms with Crippen LogP contribution in [0.2, 0.25) is 0 Å². The van der Waals surface area contributed by atoms with Gasteiger partial charge in [0, 0.05) is 44.6 Å². The van der Waals surface area contributed by atoms with Crippen LogP contribution in [0.3, 0.4) is 0 Å². The largest absolute Gasteiger partial charge is 0.351 e. The molecule has 1 atom stereocenters. The lowest BCUT2D eigenvalue weighted by Crippen LogP contribution is -2.46. The second-order valence-corrected chi connectivity index (χ2v) is 6.16. The maximum absolute atomic E-state index is 12.8. The second kappa shape index (κ2) is 7.73. The molecule has 0 aliphatic carbocycles. The first-order valence-corrected chi connectivity index (χ1v) is 8.38. The molecule has 0 saturated carbocycles. The van der Waals surface area contributed by atoms with Crippen LogP contribution in [0.15, 0.2) is 29.3 Å². The minimum Gasteiger partial charge on any atom is -0.351 e. The number of halogens is 2. The summed E-state index contributed by atoms with van der Waals surface area (Å²) in [5.41, 5.74) is -0.144. The molecule has 1 aliphatic rings. The number of nitrogens with zero attached hydrogens (tertiary/aromatic N) is 5. The molecule has 1 N–H and O–H groups in total. The Hall–Kier alpha value is -2.29. The van der Waals surface area contributed by atoms with E-state index in [9.17, 15) is 13.6 Å². The molecule has 3 rings (SSSR count). The summed E-state index contributed by atoms with van der Waals surface area (Å²) >= 11 is 0. The number of imidazole rings is 1. The lowest BCUT2D eigenvalue weighted by Gasteiger charge is -2.36. The van der Waals surface area contributed by atoms with E-state index in [2.05, 4.69) is 20.3 Å². The van der Waals surface area contributed by atoms with Crippen molar-refractivity contribution in [3.63, 3.8) is 0 Å². The molecule has 1 fully saturated rings. The summed E-state index contributed by atoms with van der Waals surface area (Å²) in [7, 11) is 1.63. The molecule has 0 bridgehead atoms. The van der Waals surface area contributed by atoms with Gasteiger partial charge in [-0.2, -0.15) is 13.9 Å². The Morgan fingerprint density at radius 3 is 2.96 bits per heavy atom. The van der Waals surface area contributed by atoms with Gasteiger partial charge in [-0.3, -0.25) is 9.36 Å². The van der Waals surface area contributed by atoms with Crippen LogP contribution in [0.4, 0.5) is 14.6 Å². The van der Waals surface area contributed by atoms with E-state index in [1.165, 1.54) is 23.1 Å². The molecule has 0 radical (unpaired) electrons. The van der Waals surface area contributed by atoms with Gasteiger partial charge in [0.15, 0.2) is 0 Å². The van der Waals surface area contributed by atoms with Crippen LogP contribution in [-0.2, 0) is 13.6 Å². The average Bonchev–Trinajstić information content (AvgIpc) is 3.07. The zero-order chi connectivity index (χ0) is 17.8. The van der Waals surface area contributed by atoms with E-state index in [-0.39, 0.29) is 18.1 Å². The van der Waals surface area contributed by atoms with Gasteiger partial charge in [-0.05, 0) is 25.3 Å². The molecule has 0 amide bonds. The molecule has 2 aromatic heterocycles. The summed E-state index contributed by atoms with van der Waals surface area (Å²) < 4.78 is 27.9. The Bertz CT molecular complexity index is 759. The maximum atomic E-state index is 12.8. The predicted octanol–water partition coefficient (Wildman–Crippen LogP) is 1.52. The topological polar surface area (TPSA) is 68.0 Å². The van der Waals surface area contributed by atoms with Crippen LogP contribution >= 0.6 is 0 Å². The van der Waals surface area contributed by atoms with E-state index in [1.54, 1.807) is 13.1 Å². The molecule has 1 saturated heterocycles. The van der Waals surface area contributed by atoms with E-state index in [4.69, 9.17) is 0 Å². The van der Waals surface area contributed by atoms with E-state index in [0.29, 0.717) is 12.4 Å². The smallest absolute Gasteiger partial charge is 0.319 e. The third-order valence-electron chi connectivity index (χ3n) is 4.49. The molecule has 7 nitrogen and oxygen atoms in total. The molecule has 3 heterocycles. The number of rotatable bonds is 6. The van der Waals surface area contributed by atoms with Crippen molar-refractivity contribution < 1.29 is 8.78 Å². The van der Waals surface area contributed by atoms with Crippen molar-refractivity contribution in [2.45, 2.75) is 38.4 Å². The summed E-state index contributed by atoms with van der Waals surface area (Å²) in [6.45, 7) is -0.799. The van der Waals surface area contributed by atoms with Crippen LogP contribution in [0.5, 0.6) is 0 Å². The van der Waals surface area contributed by atoms with Crippen LogP contribution in [0.25, 0.3) is 0 Å². The molecule has 136 valence electrons. The Balaban J connectivity index is 1.64. The van der Waals surface area contributed by atoms with Crippen molar-refractivity contribution >= 4 is 5.82 Å². The third kappa shape index (κ3) is 4.04. The van der Waals surface area contributed by atoms with Crippen molar-refractivity contribution in [1.82, 2.24) is 24.6 Å². The first-order chi connectivity index (χ1) is 12.1. The Labute approximate surface area is 144 Å². The predicted molar refractivity (Wildman–Crippen MR) is 89.6 cm³/mol. The molecule has 0 aromatic carbocycles. The van der Waals surface area contributed by atoms with Crippen molar-refractivity contribution in [2.24, 2.45) is 7.05 Å². The second-order valence-electron chi connectivity index (χ2n) is 6.16. The molecule has 1 unspecified atom stereocenters. The van der Waals surface area contributed by atoms with Gasteiger partial charge < -0.3 is 10.2 Å². The molecular weight excluding hydrogens is 330 g/mol. The highest BCUT2D eigenvalue weighted by Gasteiger charge is 2.24. The van der Waals surface area contributed by atoms with Gasteiger partial charge in [0.2, 0.25) is 0 Å². The standard InChI is InChI=1S/C16H22F2N6O/c1-22-15(25)6-5-13(21-22)23-8-3-2-4-12(23)10-19-11-14-20-7-9-24(14)16(17)18/h5-7,9,12,16,19H,2-4,8,10-11H2,1H3. The fourth-order valence-corrected chi connectivity index (χ4v) is 3.17. The summed E-state index contributed by atoms with van der Waals surface area (Å²) in [5, 5.41) is 7.55. The SMILES string of the molecule is Cn1nc(N2CCCCC2CNCc2nccn2C(F)F)ccc1=O. The molecule has 25 heavy (non-hydrogen) atoms. The molecular formula is C16H22F2N6O. The maximum Gasteiger partial charge on any atom is 0.319 e. The van der Waals surface area contributed by atoms with E-state index < -0.39 is 6.55 Å². The van der Waals surface area contributed by atoms with Gasteiger partial charge >= 0.3 is 6.55 Å². The van der Waals surface area contributed by atoms with Crippen LogP contribution in [-0.4, -0.2) is 38.5 Å². The lowest BCUT2D eigenvalue weighted by atomic mass is 10.0. The Morgan fingerprint density at radius 1 is 1.36 bits per heavy atom. The monoisotopic (exact) mass is 352 g/mol. The first kappa shape index (κ1) is 17.5. The summed E-state index contributed by atoms with van der Waals surface area (Å²) in [5.74, 6) is 1.08. The molecule has 9 heteroatoms. The van der Waals surface area contributed by atoms with Crippen LogP contribution in [0.1, 0.15) is 31.6 Å². The zero-order valence-corrected chi connectivity index (χ0v) is 14.1. The van der Waals surface area contributed by atoms with Gasteiger partial charge in [-0.15, -0.1) is 0 Å². The highest BCUT2D eigenvalue weighted by Crippen LogP contribution is 2.22. The van der Waals surface area contributed by atoms with Gasteiger partial charge in [0.1, 0.15) is 11.6 Å². The lowest BCUT2D eigenvalue weighted by molar-refractivity contribution is 0.0666. The van der Waals surface area contributed by atoms with E-state index >= 15 is 0 Å². The third-order valence-corrected chi connectivity index (χ3v) is 4.49. The fraction of sp³-hybridized carbons (Fsp3) is 0.562. The van der Waals surface area contributed by atoms with Gasteiger partial charge in [0.05, 0.1) is 6.54 Å². The van der Waals surface area contributed by atoms with Gasteiger partial charge in [-0.25, -0.2) is 9.67 Å². The first-order valence-electron chi connectivity index (χ1n) is 8.38. The molecule has 0 spiro atoms. The number of hydrogen-bond donors (Lipinski definition) is 1. The van der Waals surface area contributed by atoms with Crippen molar-refractivity contribution in [1.29, 1.82) is 0 Å². The van der Waals surface area contributed by atoms with Crippen molar-refractivity contribution in [3.8, 4) is 0 Å². The van der Waals surface area contributed by atoms with Crippen molar-refractivity contribution in [3.05, 3.63) is 40.7 Å². The summed E-state index contributed by atoms with van der Waals surface area (Å²) in [4.78, 5) is 17.7. The highest BCUT2D eigenvalue weighted by molar-refractivity contribution is 5.38. The quantitative estimate of drug-likeness (QED) is 0.854. The van der Waals surface area contributed by atoms with Crippen molar-refractivity contribution in [2.75, 3.05) is 18.0 Å². The van der Waals surface area contributed by atoms with Crippen LogP contribution < -0.4 is 15.8 Å². The minimum absolute atomic E-state index is 0.144. The average molecular weight is 352 g/mol. The minimum atomic E-state index is -2.58. The normalized spacial score (nSPS) is 18.1. The number of aryl methyl sites for hydroxylation is 1. The Kier molecular flexibility index (Phi) is 5.42. The Morgan fingerprint density at radius 2 is 2.20 bits per heavy atom. The molecule has 2 aromatic rings. The summed E-state index contributed by atoms with van der Waals surface area (Å²) in [6, 6.07) is 3.46.